The van der Waals surface area contributed by atoms with Crippen LogP contribution in [0.25, 0.3) is 0 Å². The number of carbonyl (C=O) groups is 1. The van der Waals surface area contributed by atoms with Gasteiger partial charge in [-0.1, -0.05) is 6.92 Å². The van der Waals surface area contributed by atoms with Crippen LogP contribution in [0.4, 0.5) is 5.95 Å². The number of aromatic nitrogens is 2. The normalized spacial score (nSPS) is 17.1. The van der Waals surface area contributed by atoms with E-state index in [1.165, 1.54) is 12.8 Å². The second-order valence-electron chi connectivity index (χ2n) is 4.49. The van der Waals surface area contributed by atoms with Crippen molar-refractivity contribution in [2.24, 2.45) is 5.92 Å². The van der Waals surface area contributed by atoms with Gasteiger partial charge in [-0.05, 0) is 18.9 Å². The van der Waals surface area contributed by atoms with Crippen LogP contribution < -0.4 is 4.90 Å². The van der Waals surface area contributed by atoms with Crippen LogP contribution in [0.2, 0.25) is 0 Å². The van der Waals surface area contributed by atoms with Crippen LogP contribution >= 0.6 is 0 Å². The summed E-state index contributed by atoms with van der Waals surface area (Å²) in [6, 6.07) is 1.79. The summed E-state index contributed by atoms with van der Waals surface area (Å²) in [5.41, 5.74) is 0.803. The van der Waals surface area contributed by atoms with Crippen molar-refractivity contribution in [3.63, 3.8) is 0 Å². The Balaban J connectivity index is 2.08. The van der Waals surface area contributed by atoms with E-state index in [2.05, 4.69) is 14.9 Å². The lowest BCUT2D eigenvalue weighted by Crippen LogP contribution is -2.21. The number of aliphatic carboxylic acids is 1. The Bertz CT molecular complexity index is 402. The van der Waals surface area contributed by atoms with Gasteiger partial charge in [-0.25, -0.2) is 9.97 Å². The highest BCUT2D eigenvalue weighted by Crippen LogP contribution is 2.16. The number of carboxylic acids is 1. The summed E-state index contributed by atoms with van der Waals surface area (Å²) in [6.45, 7) is 3.69. The molecule has 0 amide bonds. The van der Waals surface area contributed by atoms with Gasteiger partial charge < -0.3 is 10.0 Å². The molecular formula is C12H17N3O2. The number of nitrogens with zero attached hydrogens (tertiary/aromatic N) is 3. The number of hydrogen-bond acceptors (Lipinski definition) is 4. The third-order valence-electron chi connectivity index (χ3n) is 3.03. The SMILES string of the molecule is CC(Cc1ccnc(N2CCCC2)n1)C(=O)O. The number of hydrogen-bond donors (Lipinski definition) is 1. The van der Waals surface area contributed by atoms with Crippen LogP contribution in [-0.4, -0.2) is 34.1 Å². The maximum absolute atomic E-state index is 10.8. The minimum atomic E-state index is -0.786. The molecule has 0 aromatic carbocycles. The molecule has 5 heteroatoms. The molecule has 1 aliphatic heterocycles. The van der Waals surface area contributed by atoms with Crippen molar-refractivity contribution in [1.82, 2.24) is 9.97 Å². The lowest BCUT2D eigenvalue weighted by Gasteiger charge is -2.15. The Morgan fingerprint density at radius 1 is 1.53 bits per heavy atom. The van der Waals surface area contributed by atoms with E-state index in [-0.39, 0.29) is 0 Å². The molecule has 1 saturated heterocycles. The molecule has 0 saturated carbocycles. The Kier molecular flexibility index (Phi) is 3.56. The molecule has 5 nitrogen and oxygen atoms in total. The van der Waals surface area contributed by atoms with Crippen molar-refractivity contribution < 1.29 is 9.90 Å². The Hall–Kier alpha value is -1.65. The van der Waals surface area contributed by atoms with Gasteiger partial charge in [0, 0.05) is 31.4 Å². The molecule has 1 aromatic rings. The van der Waals surface area contributed by atoms with Crippen LogP contribution in [0.1, 0.15) is 25.5 Å². The highest BCUT2D eigenvalue weighted by atomic mass is 16.4. The van der Waals surface area contributed by atoms with Gasteiger partial charge in [0.25, 0.3) is 0 Å². The summed E-state index contributed by atoms with van der Waals surface area (Å²) < 4.78 is 0. The Morgan fingerprint density at radius 2 is 2.24 bits per heavy atom. The number of carboxylic acid groups (broad SMARTS) is 1. The lowest BCUT2D eigenvalue weighted by atomic mass is 10.1. The summed E-state index contributed by atoms with van der Waals surface area (Å²) in [5.74, 6) is -0.458. The Labute approximate surface area is 100 Å². The highest BCUT2D eigenvalue weighted by Gasteiger charge is 2.17. The van der Waals surface area contributed by atoms with Crippen molar-refractivity contribution in [2.75, 3.05) is 18.0 Å². The topological polar surface area (TPSA) is 66.3 Å². The molecule has 92 valence electrons. The standard InChI is InChI=1S/C12H17N3O2/c1-9(11(16)17)8-10-4-5-13-12(14-10)15-6-2-3-7-15/h4-5,9H,2-3,6-8H2,1H3,(H,16,17). The van der Waals surface area contributed by atoms with E-state index < -0.39 is 11.9 Å². The van der Waals surface area contributed by atoms with Gasteiger partial charge >= 0.3 is 5.97 Å². The number of rotatable bonds is 4. The van der Waals surface area contributed by atoms with Crippen molar-refractivity contribution in [2.45, 2.75) is 26.2 Å². The number of anilines is 1. The molecular weight excluding hydrogens is 218 g/mol. The predicted molar refractivity (Wildman–Crippen MR) is 64.0 cm³/mol. The molecule has 2 rings (SSSR count). The summed E-state index contributed by atoms with van der Waals surface area (Å²) in [6.07, 6.45) is 4.53. The fourth-order valence-corrected chi connectivity index (χ4v) is 1.97. The summed E-state index contributed by atoms with van der Waals surface area (Å²) in [4.78, 5) is 21.6. The van der Waals surface area contributed by atoms with Gasteiger partial charge in [0.05, 0.1) is 5.92 Å². The highest BCUT2D eigenvalue weighted by molar-refractivity contribution is 5.69. The first-order chi connectivity index (χ1) is 8.16. The average Bonchev–Trinajstić information content (AvgIpc) is 2.82. The average molecular weight is 235 g/mol. The van der Waals surface area contributed by atoms with Crippen molar-refractivity contribution in [3.8, 4) is 0 Å². The molecule has 0 aliphatic carbocycles. The van der Waals surface area contributed by atoms with Gasteiger partial charge in [0.2, 0.25) is 5.95 Å². The lowest BCUT2D eigenvalue weighted by molar-refractivity contribution is -0.141. The van der Waals surface area contributed by atoms with E-state index in [0.29, 0.717) is 6.42 Å². The van der Waals surface area contributed by atoms with Gasteiger partial charge in [-0.2, -0.15) is 0 Å². The first-order valence-electron chi connectivity index (χ1n) is 5.96. The third-order valence-corrected chi connectivity index (χ3v) is 3.03. The summed E-state index contributed by atoms with van der Waals surface area (Å²) in [7, 11) is 0. The maximum Gasteiger partial charge on any atom is 0.306 e. The van der Waals surface area contributed by atoms with Crippen LogP contribution in [-0.2, 0) is 11.2 Å². The first-order valence-corrected chi connectivity index (χ1v) is 5.96. The minimum absolute atomic E-state index is 0.406. The van der Waals surface area contributed by atoms with Crippen molar-refractivity contribution >= 4 is 11.9 Å². The quantitative estimate of drug-likeness (QED) is 0.853. The zero-order valence-corrected chi connectivity index (χ0v) is 9.96. The third kappa shape index (κ3) is 2.93. The predicted octanol–water partition coefficient (Wildman–Crippen LogP) is 1.34. The van der Waals surface area contributed by atoms with E-state index >= 15 is 0 Å². The van der Waals surface area contributed by atoms with Gasteiger partial charge in [0.1, 0.15) is 0 Å². The summed E-state index contributed by atoms with van der Waals surface area (Å²) >= 11 is 0. The molecule has 1 aliphatic rings. The van der Waals surface area contributed by atoms with Crippen LogP contribution in [0.5, 0.6) is 0 Å². The van der Waals surface area contributed by atoms with Crippen LogP contribution in [0, 0.1) is 5.92 Å². The molecule has 1 unspecified atom stereocenters. The molecule has 1 aromatic heterocycles. The van der Waals surface area contributed by atoms with Crippen molar-refractivity contribution in [1.29, 1.82) is 0 Å². The zero-order valence-electron chi connectivity index (χ0n) is 9.96. The van der Waals surface area contributed by atoms with E-state index in [9.17, 15) is 4.79 Å². The van der Waals surface area contributed by atoms with Crippen LogP contribution in [0.15, 0.2) is 12.3 Å². The molecule has 1 N–H and O–H groups in total. The molecule has 1 fully saturated rings. The zero-order chi connectivity index (χ0) is 12.3. The van der Waals surface area contributed by atoms with E-state index in [0.717, 1.165) is 24.7 Å². The second kappa shape index (κ2) is 5.12. The van der Waals surface area contributed by atoms with Crippen molar-refractivity contribution in [3.05, 3.63) is 18.0 Å². The fourth-order valence-electron chi connectivity index (χ4n) is 1.97. The molecule has 2 heterocycles. The van der Waals surface area contributed by atoms with E-state index in [1.807, 2.05) is 0 Å². The van der Waals surface area contributed by atoms with Gasteiger partial charge in [-0.3, -0.25) is 4.79 Å². The van der Waals surface area contributed by atoms with E-state index in [1.54, 1.807) is 19.2 Å². The monoisotopic (exact) mass is 235 g/mol. The molecule has 17 heavy (non-hydrogen) atoms. The fraction of sp³-hybridized carbons (Fsp3) is 0.583. The Morgan fingerprint density at radius 3 is 2.88 bits per heavy atom. The molecule has 0 spiro atoms. The van der Waals surface area contributed by atoms with Crippen LogP contribution in [0.3, 0.4) is 0 Å². The molecule has 0 radical (unpaired) electrons. The van der Waals surface area contributed by atoms with E-state index in [4.69, 9.17) is 5.11 Å². The molecule has 0 bridgehead atoms. The summed E-state index contributed by atoms with van der Waals surface area (Å²) in [5, 5.41) is 8.87. The maximum atomic E-state index is 10.8. The molecule has 1 atom stereocenters. The largest absolute Gasteiger partial charge is 0.481 e. The van der Waals surface area contributed by atoms with Gasteiger partial charge in [-0.15, -0.1) is 0 Å². The smallest absolute Gasteiger partial charge is 0.306 e. The second-order valence-corrected chi connectivity index (χ2v) is 4.49. The minimum Gasteiger partial charge on any atom is -0.481 e. The van der Waals surface area contributed by atoms with Gasteiger partial charge in [0.15, 0.2) is 0 Å². The first kappa shape index (κ1) is 11.8.